The standard InChI is InChI=1S/C22H19FN4OS2/c1-13-10-15(11-14(2)19(13)30-17-6-4-16(28-3)5-7-17)18-12-29-22(26-18)27-21-20(23)24-8-9-25-21/h4-12H,1-3H3,(H,25,26,27). The largest absolute Gasteiger partial charge is 0.497 e. The molecular weight excluding hydrogens is 419 g/mol. The highest BCUT2D eigenvalue weighted by atomic mass is 32.2. The second-order valence-corrected chi connectivity index (χ2v) is 8.52. The first-order chi connectivity index (χ1) is 14.5. The molecule has 30 heavy (non-hydrogen) atoms. The normalized spacial score (nSPS) is 10.8. The van der Waals surface area contributed by atoms with Gasteiger partial charge in [-0.05, 0) is 61.4 Å². The second-order valence-electron chi connectivity index (χ2n) is 6.58. The van der Waals surface area contributed by atoms with Crippen molar-refractivity contribution in [1.29, 1.82) is 0 Å². The first kappa shape index (κ1) is 20.3. The predicted molar refractivity (Wildman–Crippen MR) is 119 cm³/mol. The van der Waals surface area contributed by atoms with Gasteiger partial charge in [0, 0.05) is 33.1 Å². The van der Waals surface area contributed by atoms with Crippen molar-refractivity contribution in [2.75, 3.05) is 12.4 Å². The third kappa shape index (κ3) is 4.44. The summed E-state index contributed by atoms with van der Waals surface area (Å²) in [4.78, 5) is 14.5. The Hall–Kier alpha value is -2.97. The van der Waals surface area contributed by atoms with Crippen LogP contribution in [0.25, 0.3) is 11.3 Å². The lowest BCUT2D eigenvalue weighted by atomic mass is 10.1. The Bertz CT molecular complexity index is 1150. The average molecular weight is 439 g/mol. The quantitative estimate of drug-likeness (QED) is 0.383. The number of nitrogens with one attached hydrogen (secondary N) is 1. The monoisotopic (exact) mass is 438 g/mol. The molecule has 0 aliphatic rings. The minimum absolute atomic E-state index is 0.0667. The van der Waals surface area contributed by atoms with Crippen LogP contribution >= 0.6 is 23.1 Å². The molecule has 2 heterocycles. The number of hydrogen-bond donors (Lipinski definition) is 1. The maximum atomic E-state index is 13.7. The van der Waals surface area contributed by atoms with E-state index in [1.165, 1.54) is 39.8 Å². The van der Waals surface area contributed by atoms with Crippen molar-refractivity contribution in [3.8, 4) is 17.0 Å². The fourth-order valence-corrected chi connectivity index (χ4v) is 4.66. The average Bonchev–Trinajstić information content (AvgIpc) is 3.21. The lowest BCUT2D eigenvalue weighted by Crippen LogP contribution is -1.98. The third-order valence-electron chi connectivity index (χ3n) is 4.42. The third-order valence-corrected chi connectivity index (χ3v) is 6.53. The number of methoxy groups -OCH3 is 1. The summed E-state index contributed by atoms with van der Waals surface area (Å²) in [6, 6.07) is 12.3. The summed E-state index contributed by atoms with van der Waals surface area (Å²) in [7, 11) is 1.67. The molecule has 4 rings (SSSR count). The Morgan fingerprint density at radius 1 is 1.03 bits per heavy atom. The number of nitrogens with zero attached hydrogens (tertiary/aromatic N) is 3. The van der Waals surface area contributed by atoms with Gasteiger partial charge in [-0.2, -0.15) is 4.39 Å². The summed E-state index contributed by atoms with van der Waals surface area (Å²) in [5.74, 6) is 0.260. The van der Waals surface area contributed by atoms with Crippen LogP contribution in [0.2, 0.25) is 0 Å². The summed E-state index contributed by atoms with van der Waals surface area (Å²) >= 11 is 3.13. The van der Waals surface area contributed by atoms with Gasteiger partial charge in [0.25, 0.3) is 5.95 Å². The summed E-state index contributed by atoms with van der Waals surface area (Å²) in [5.41, 5.74) is 4.20. The summed E-state index contributed by atoms with van der Waals surface area (Å²) in [5, 5.41) is 5.40. The van der Waals surface area contributed by atoms with Crippen molar-refractivity contribution in [1.82, 2.24) is 15.0 Å². The van der Waals surface area contributed by atoms with E-state index in [0.29, 0.717) is 5.13 Å². The van der Waals surface area contributed by atoms with E-state index in [1.54, 1.807) is 18.9 Å². The van der Waals surface area contributed by atoms with Crippen LogP contribution in [-0.4, -0.2) is 22.1 Å². The van der Waals surface area contributed by atoms with Crippen LogP contribution in [-0.2, 0) is 0 Å². The van der Waals surface area contributed by atoms with Gasteiger partial charge in [0.15, 0.2) is 10.9 Å². The molecule has 0 radical (unpaired) electrons. The van der Waals surface area contributed by atoms with Crippen molar-refractivity contribution in [3.05, 3.63) is 71.2 Å². The topological polar surface area (TPSA) is 59.9 Å². The number of anilines is 2. The van der Waals surface area contributed by atoms with E-state index in [9.17, 15) is 4.39 Å². The van der Waals surface area contributed by atoms with Crippen molar-refractivity contribution in [2.45, 2.75) is 23.6 Å². The summed E-state index contributed by atoms with van der Waals surface area (Å²) in [6.07, 6.45) is 2.75. The van der Waals surface area contributed by atoms with Gasteiger partial charge in [0.1, 0.15) is 5.75 Å². The number of ether oxygens (including phenoxy) is 1. The van der Waals surface area contributed by atoms with Crippen molar-refractivity contribution >= 4 is 34.0 Å². The molecule has 0 saturated heterocycles. The first-order valence-electron chi connectivity index (χ1n) is 9.16. The molecule has 0 aliphatic carbocycles. The fraction of sp³-hybridized carbons (Fsp3) is 0.136. The molecule has 5 nitrogen and oxygen atoms in total. The molecule has 0 spiro atoms. The van der Waals surface area contributed by atoms with Gasteiger partial charge in [0.05, 0.1) is 12.8 Å². The first-order valence-corrected chi connectivity index (χ1v) is 10.9. The SMILES string of the molecule is COc1ccc(Sc2c(C)cc(-c3csc(Nc4nccnc4F)n3)cc2C)cc1. The van der Waals surface area contributed by atoms with Crippen molar-refractivity contribution in [2.24, 2.45) is 0 Å². The zero-order valence-electron chi connectivity index (χ0n) is 16.6. The molecule has 0 saturated carbocycles. The molecule has 4 aromatic rings. The van der Waals surface area contributed by atoms with Crippen LogP contribution < -0.4 is 10.1 Å². The highest BCUT2D eigenvalue weighted by molar-refractivity contribution is 7.99. The maximum absolute atomic E-state index is 13.7. The Kier molecular flexibility index (Phi) is 5.96. The number of aromatic nitrogens is 3. The molecule has 2 aromatic heterocycles. The fourth-order valence-electron chi connectivity index (χ4n) is 2.99. The van der Waals surface area contributed by atoms with E-state index in [0.717, 1.165) is 21.9 Å². The van der Waals surface area contributed by atoms with E-state index in [1.807, 2.05) is 17.5 Å². The molecule has 0 amide bonds. The van der Waals surface area contributed by atoms with Gasteiger partial charge in [0.2, 0.25) is 0 Å². The highest BCUT2D eigenvalue weighted by Gasteiger charge is 2.12. The molecule has 152 valence electrons. The molecule has 2 aromatic carbocycles. The molecule has 1 N–H and O–H groups in total. The van der Waals surface area contributed by atoms with Crippen LogP contribution in [0.3, 0.4) is 0 Å². The number of rotatable bonds is 6. The summed E-state index contributed by atoms with van der Waals surface area (Å²) in [6.45, 7) is 4.20. The molecular formula is C22H19FN4OS2. The number of benzene rings is 2. The number of halogens is 1. The van der Waals surface area contributed by atoms with Crippen LogP contribution in [0.1, 0.15) is 11.1 Å². The van der Waals surface area contributed by atoms with Crippen molar-refractivity contribution in [3.63, 3.8) is 0 Å². The number of hydrogen-bond acceptors (Lipinski definition) is 7. The van der Waals surface area contributed by atoms with Crippen molar-refractivity contribution < 1.29 is 9.13 Å². The highest BCUT2D eigenvalue weighted by Crippen LogP contribution is 2.37. The minimum Gasteiger partial charge on any atom is -0.497 e. The second kappa shape index (κ2) is 8.81. The smallest absolute Gasteiger partial charge is 0.256 e. The zero-order valence-corrected chi connectivity index (χ0v) is 18.3. The Labute approximate surface area is 182 Å². The van der Waals surface area contributed by atoms with E-state index < -0.39 is 5.95 Å². The molecule has 0 aliphatic heterocycles. The molecule has 0 fully saturated rings. The Balaban J connectivity index is 1.55. The Morgan fingerprint density at radius 2 is 1.73 bits per heavy atom. The van der Waals surface area contributed by atoms with E-state index in [2.05, 4.69) is 58.4 Å². The van der Waals surface area contributed by atoms with E-state index in [4.69, 9.17) is 4.74 Å². The van der Waals surface area contributed by atoms with Gasteiger partial charge < -0.3 is 10.1 Å². The lowest BCUT2D eigenvalue weighted by Gasteiger charge is -2.12. The molecule has 0 atom stereocenters. The zero-order chi connectivity index (χ0) is 21.1. The van der Waals surface area contributed by atoms with Gasteiger partial charge >= 0.3 is 0 Å². The molecule has 0 unspecified atom stereocenters. The Morgan fingerprint density at radius 3 is 2.40 bits per heavy atom. The number of aryl methyl sites for hydroxylation is 2. The van der Waals surface area contributed by atoms with Crippen LogP contribution in [0, 0.1) is 19.8 Å². The van der Waals surface area contributed by atoms with Gasteiger partial charge in [-0.15, -0.1) is 11.3 Å². The van der Waals surface area contributed by atoms with E-state index >= 15 is 0 Å². The van der Waals surface area contributed by atoms with E-state index in [-0.39, 0.29) is 5.82 Å². The minimum atomic E-state index is -0.652. The van der Waals surface area contributed by atoms with Crippen LogP contribution in [0.4, 0.5) is 15.3 Å². The van der Waals surface area contributed by atoms with Crippen LogP contribution in [0.5, 0.6) is 5.75 Å². The van der Waals surface area contributed by atoms with Gasteiger partial charge in [-0.25, -0.2) is 15.0 Å². The lowest BCUT2D eigenvalue weighted by molar-refractivity contribution is 0.414. The summed E-state index contributed by atoms with van der Waals surface area (Å²) < 4.78 is 18.9. The molecule has 0 bridgehead atoms. The predicted octanol–water partition coefficient (Wildman–Crippen LogP) is 6.26. The number of thiazole rings is 1. The maximum Gasteiger partial charge on any atom is 0.256 e. The molecule has 8 heteroatoms. The van der Waals surface area contributed by atoms with Gasteiger partial charge in [-0.3, -0.25) is 0 Å². The van der Waals surface area contributed by atoms with Gasteiger partial charge in [-0.1, -0.05) is 11.8 Å². The van der Waals surface area contributed by atoms with Crippen LogP contribution in [0.15, 0.2) is 64.0 Å².